The number of fused-ring (bicyclic) bond motifs is 1. The molecular formula is C29H23F7N4O2. The van der Waals surface area contributed by atoms with E-state index < -0.39 is 46.8 Å². The summed E-state index contributed by atoms with van der Waals surface area (Å²) in [5, 5.41) is 0.354. The number of rotatable bonds is 4. The van der Waals surface area contributed by atoms with Crippen LogP contribution in [0.25, 0.3) is 16.6 Å². The van der Waals surface area contributed by atoms with E-state index in [0.717, 1.165) is 0 Å². The zero-order chi connectivity index (χ0) is 30.4. The van der Waals surface area contributed by atoms with Crippen LogP contribution < -0.4 is 5.56 Å². The van der Waals surface area contributed by atoms with Gasteiger partial charge in [0.25, 0.3) is 11.5 Å². The molecule has 220 valence electrons. The molecule has 1 aliphatic heterocycles. The summed E-state index contributed by atoms with van der Waals surface area (Å²) < 4.78 is 94.8. The molecule has 0 bridgehead atoms. The molecular weight excluding hydrogens is 569 g/mol. The maximum Gasteiger partial charge on any atom is 0.416 e. The maximum absolute atomic E-state index is 13.6. The van der Waals surface area contributed by atoms with Gasteiger partial charge in [-0.05, 0) is 61.5 Å². The molecule has 13 heteroatoms. The minimum atomic E-state index is -5.07. The number of piperazine rings is 1. The van der Waals surface area contributed by atoms with Gasteiger partial charge in [-0.25, -0.2) is 9.37 Å². The number of aromatic nitrogens is 2. The molecule has 2 heterocycles. The summed E-state index contributed by atoms with van der Waals surface area (Å²) >= 11 is 0. The van der Waals surface area contributed by atoms with Gasteiger partial charge in [-0.1, -0.05) is 12.1 Å². The Morgan fingerprint density at radius 3 is 1.98 bits per heavy atom. The number of nitrogens with zero attached hydrogens (tertiary/aromatic N) is 4. The van der Waals surface area contributed by atoms with E-state index in [-0.39, 0.29) is 37.8 Å². The fourth-order valence-corrected chi connectivity index (χ4v) is 5.01. The van der Waals surface area contributed by atoms with Gasteiger partial charge in [0.1, 0.15) is 11.6 Å². The SMILES string of the molecule is CC(c1nc2ccccc2c(=O)n1-c1ccc(F)cc1)N1CCN(C(=O)c2cc(C(F)(F)F)cc(C(F)(F)F)c2)CC1. The maximum atomic E-state index is 13.6. The lowest BCUT2D eigenvalue weighted by atomic mass is 10.0. The number of halogens is 7. The first-order valence-electron chi connectivity index (χ1n) is 12.8. The largest absolute Gasteiger partial charge is 0.416 e. The van der Waals surface area contributed by atoms with E-state index in [2.05, 4.69) is 0 Å². The Morgan fingerprint density at radius 2 is 1.40 bits per heavy atom. The molecule has 5 rings (SSSR count). The van der Waals surface area contributed by atoms with Crippen molar-refractivity contribution in [1.29, 1.82) is 0 Å². The fraction of sp³-hybridized carbons (Fsp3) is 0.276. The Bertz CT molecular complexity index is 1660. The van der Waals surface area contributed by atoms with Gasteiger partial charge < -0.3 is 4.90 Å². The van der Waals surface area contributed by atoms with Crippen LogP contribution in [0.5, 0.6) is 0 Å². The van der Waals surface area contributed by atoms with Crippen molar-refractivity contribution in [3.05, 3.63) is 105 Å². The van der Waals surface area contributed by atoms with Crippen LogP contribution in [0.1, 0.15) is 40.3 Å². The van der Waals surface area contributed by atoms with Crippen molar-refractivity contribution in [1.82, 2.24) is 19.4 Å². The molecule has 4 aromatic rings. The van der Waals surface area contributed by atoms with Crippen LogP contribution in [0.3, 0.4) is 0 Å². The normalized spacial score (nSPS) is 15.7. The quantitative estimate of drug-likeness (QED) is 0.270. The molecule has 0 spiro atoms. The first-order chi connectivity index (χ1) is 19.7. The van der Waals surface area contributed by atoms with Crippen molar-refractivity contribution in [2.45, 2.75) is 25.3 Å². The number of carbonyl (C=O) groups excluding carboxylic acids is 1. The number of alkyl halides is 6. The molecule has 0 aliphatic carbocycles. The van der Waals surface area contributed by atoms with E-state index in [1.807, 2.05) is 4.90 Å². The van der Waals surface area contributed by atoms with E-state index in [4.69, 9.17) is 4.98 Å². The van der Waals surface area contributed by atoms with Crippen molar-refractivity contribution < 1.29 is 35.5 Å². The van der Waals surface area contributed by atoms with Crippen LogP contribution in [0.15, 0.2) is 71.5 Å². The van der Waals surface area contributed by atoms with Crippen LogP contribution in [-0.4, -0.2) is 51.4 Å². The molecule has 0 N–H and O–H groups in total. The van der Waals surface area contributed by atoms with Crippen molar-refractivity contribution in [3.8, 4) is 5.69 Å². The highest BCUT2D eigenvalue weighted by atomic mass is 19.4. The molecule has 1 saturated heterocycles. The second-order valence-electron chi connectivity index (χ2n) is 9.90. The molecule has 3 aromatic carbocycles. The minimum absolute atomic E-state index is 0.00906. The number of hydrogen-bond donors (Lipinski definition) is 0. The van der Waals surface area contributed by atoms with Gasteiger partial charge in [0.15, 0.2) is 0 Å². The molecule has 1 aliphatic rings. The lowest BCUT2D eigenvalue weighted by Gasteiger charge is -2.38. The van der Waals surface area contributed by atoms with Gasteiger partial charge in [0.2, 0.25) is 0 Å². The van der Waals surface area contributed by atoms with Gasteiger partial charge in [-0.2, -0.15) is 26.3 Å². The second-order valence-corrected chi connectivity index (χ2v) is 9.90. The van der Waals surface area contributed by atoms with Crippen LogP contribution in [-0.2, 0) is 12.4 Å². The second kappa shape index (κ2) is 10.9. The Kier molecular flexibility index (Phi) is 7.56. The average Bonchev–Trinajstić information content (AvgIpc) is 2.96. The number of hydrogen-bond acceptors (Lipinski definition) is 4. The summed E-state index contributed by atoms with van der Waals surface area (Å²) in [4.78, 5) is 34.4. The summed E-state index contributed by atoms with van der Waals surface area (Å²) in [5.74, 6) is -1.09. The van der Waals surface area contributed by atoms with Gasteiger partial charge in [0, 0.05) is 31.7 Å². The predicted molar refractivity (Wildman–Crippen MR) is 140 cm³/mol. The Morgan fingerprint density at radius 1 is 0.833 bits per heavy atom. The molecule has 6 nitrogen and oxygen atoms in total. The number of para-hydroxylation sites is 1. The van der Waals surface area contributed by atoms with Gasteiger partial charge in [0.05, 0.1) is 33.8 Å². The highest BCUT2D eigenvalue weighted by Gasteiger charge is 2.38. The number of amides is 1. The molecule has 1 fully saturated rings. The first-order valence-corrected chi connectivity index (χ1v) is 12.8. The van der Waals surface area contributed by atoms with Crippen LogP contribution in [0.4, 0.5) is 30.7 Å². The summed E-state index contributed by atoms with van der Waals surface area (Å²) in [6.07, 6.45) is -10.1. The van der Waals surface area contributed by atoms with E-state index in [9.17, 15) is 40.3 Å². The topological polar surface area (TPSA) is 58.4 Å². The predicted octanol–water partition coefficient (Wildman–Crippen LogP) is 6.08. The van der Waals surface area contributed by atoms with Crippen molar-refractivity contribution in [2.24, 2.45) is 0 Å². The Labute approximate surface area is 234 Å². The van der Waals surface area contributed by atoms with Crippen molar-refractivity contribution in [2.75, 3.05) is 26.2 Å². The highest BCUT2D eigenvalue weighted by Crippen LogP contribution is 2.36. The zero-order valence-corrected chi connectivity index (χ0v) is 22.0. The van der Waals surface area contributed by atoms with Gasteiger partial charge in [-0.3, -0.25) is 19.1 Å². The lowest BCUT2D eigenvalue weighted by molar-refractivity contribution is -0.143. The van der Waals surface area contributed by atoms with Crippen molar-refractivity contribution in [3.63, 3.8) is 0 Å². The van der Waals surface area contributed by atoms with Crippen LogP contribution in [0, 0.1) is 5.82 Å². The van der Waals surface area contributed by atoms with E-state index in [0.29, 0.717) is 34.5 Å². The smallest absolute Gasteiger partial charge is 0.336 e. The molecule has 1 atom stereocenters. The molecule has 42 heavy (non-hydrogen) atoms. The molecule has 1 unspecified atom stereocenters. The van der Waals surface area contributed by atoms with E-state index >= 15 is 0 Å². The fourth-order valence-electron chi connectivity index (χ4n) is 5.01. The van der Waals surface area contributed by atoms with Crippen LogP contribution >= 0.6 is 0 Å². The minimum Gasteiger partial charge on any atom is -0.336 e. The summed E-state index contributed by atoms with van der Waals surface area (Å²) in [7, 11) is 0. The lowest BCUT2D eigenvalue weighted by Crippen LogP contribution is -2.50. The van der Waals surface area contributed by atoms with E-state index in [1.54, 1.807) is 31.2 Å². The highest BCUT2D eigenvalue weighted by molar-refractivity contribution is 5.94. The number of benzene rings is 3. The average molecular weight is 593 g/mol. The third-order valence-corrected chi connectivity index (χ3v) is 7.24. The third kappa shape index (κ3) is 5.73. The van der Waals surface area contributed by atoms with Gasteiger partial charge >= 0.3 is 12.4 Å². The summed E-state index contributed by atoms with van der Waals surface area (Å²) in [6, 6.07) is 12.4. The van der Waals surface area contributed by atoms with Gasteiger partial charge in [-0.15, -0.1) is 0 Å². The molecule has 0 radical (unpaired) electrons. The third-order valence-electron chi connectivity index (χ3n) is 7.24. The zero-order valence-electron chi connectivity index (χ0n) is 22.0. The first kappa shape index (κ1) is 29.2. The van der Waals surface area contributed by atoms with Crippen molar-refractivity contribution >= 4 is 16.8 Å². The van der Waals surface area contributed by atoms with E-state index in [1.165, 1.54) is 33.7 Å². The monoisotopic (exact) mass is 592 g/mol. The summed E-state index contributed by atoms with van der Waals surface area (Å²) in [6.45, 7) is 2.20. The Balaban J connectivity index is 1.42. The molecule has 1 aromatic heterocycles. The summed E-state index contributed by atoms with van der Waals surface area (Å²) in [5.41, 5.74) is -3.36. The Hall–Kier alpha value is -4.26. The standard InChI is InChI=1S/C29H23F7N4O2/c1-17(25-37-24-5-3-2-4-23(24)27(42)40(25)22-8-6-21(30)7-9-22)38-10-12-39(13-11-38)26(41)18-14-19(28(31,32)33)16-20(15-18)29(34,35)36/h2-9,14-17H,10-13H2,1H3. The number of carbonyl (C=O) groups is 1. The molecule has 1 amide bonds. The van der Waals surface area contributed by atoms with Crippen LogP contribution in [0.2, 0.25) is 0 Å². The molecule has 0 saturated carbocycles.